The first kappa shape index (κ1) is 10.5. The van der Waals surface area contributed by atoms with Gasteiger partial charge in [-0.3, -0.25) is 0 Å². The number of nitrogens with two attached hydrogens (primary N) is 1. The Hall–Kier alpha value is -0.550. The molecule has 0 fully saturated rings. The number of hydrogen-bond donors (Lipinski definition) is 1. The Balaban J connectivity index is 3.28. The summed E-state index contributed by atoms with van der Waals surface area (Å²) in [5, 5.41) is 0. The topological polar surface area (TPSA) is 52.3 Å². The van der Waals surface area contributed by atoms with E-state index in [2.05, 4.69) is 36.6 Å². The second kappa shape index (κ2) is 4.11. The molecule has 5 heteroatoms. The summed E-state index contributed by atoms with van der Waals surface area (Å²) in [6.07, 6.45) is 0. The molecule has 0 spiro atoms. The quantitative estimate of drug-likeness (QED) is 0.641. The van der Waals surface area contributed by atoms with Crippen molar-refractivity contribution in [3.8, 4) is 0 Å². The van der Waals surface area contributed by atoms with Crippen LogP contribution in [0.3, 0.4) is 0 Å². The van der Waals surface area contributed by atoms with Gasteiger partial charge in [-0.2, -0.15) is 0 Å². The van der Waals surface area contributed by atoms with Crippen molar-refractivity contribution >= 4 is 43.5 Å². The number of esters is 1. The third-order valence-electron chi connectivity index (χ3n) is 1.45. The maximum Gasteiger partial charge on any atom is 0.340 e. The van der Waals surface area contributed by atoms with E-state index < -0.39 is 5.97 Å². The number of carbonyl (C=O) groups is 1. The number of ether oxygens (including phenoxy) is 1. The Kier molecular flexibility index (Phi) is 3.33. The van der Waals surface area contributed by atoms with Crippen molar-refractivity contribution in [2.24, 2.45) is 0 Å². The second-order valence-electron chi connectivity index (χ2n) is 2.35. The van der Waals surface area contributed by atoms with Crippen LogP contribution in [-0.2, 0) is 4.74 Å². The van der Waals surface area contributed by atoms with Gasteiger partial charge in [-0.05, 0) is 44.0 Å². The molecular weight excluding hydrogens is 302 g/mol. The highest BCUT2D eigenvalue weighted by Gasteiger charge is 2.14. The van der Waals surface area contributed by atoms with E-state index in [0.717, 1.165) is 0 Å². The minimum Gasteiger partial charge on any atom is -0.465 e. The minimum atomic E-state index is -0.404. The highest BCUT2D eigenvalue weighted by atomic mass is 79.9. The summed E-state index contributed by atoms with van der Waals surface area (Å²) < 4.78 is 5.83. The average molecular weight is 309 g/mol. The van der Waals surface area contributed by atoms with Gasteiger partial charge < -0.3 is 10.5 Å². The monoisotopic (exact) mass is 307 g/mol. The summed E-state index contributed by atoms with van der Waals surface area (Å²) in [5.41, 5.74) is 6.57. The number of nitrogen functional groups attached to an aromatic ring is 1. The largest absolute Gasteiger partial charge is 0.465 e. The molecule has 2 N–H and O–H groups in total. The highest BCUT2D eigenvalue weighted by Crippen LogP contribution is 2.28. The van der Waals surface area contributed by atoms with Crippen molar-refractivity contribution in [2.75, 3.05) is 12.8 Å². The van der Waals surface area contributed by atoms with Gasteiger partial charge >= 0.3 is 5.97 Å². The maximum atomic E-state index is 11.2. The number of rotatable bonds is 1. The molecule has 0 aliphatic carbocycles. The molecule has 0 amide bonds. The molecule has 0 heterocycles. The molecule has 1 aromatic carbocycles. The summed E-state index contributed by atoms with van der Waals surface area (Å²) >= 11 is 6.46. The van der Waals surface area contributed by atoms with Gasteiger partial charge in [-0.15, -0.1) is 0 Å². The first-order valence-electron chi connectivity index (χ1n) is 3.39. The molecule has 0 bridgehead atoms. The summed E-state index contributed by atoms with van der Waals surface area (Å²) in [5.74, 6) is -0.404. The maximum absolute atomic E-state index is 11.2. The average Bonchev–Trinajstić information content (AvgIpc) is 2.02. The molecule has 0 unspecified atom stereocenters. The zero-order chi connectivity index (χ0) is 10.0. The SMILES string of the molecule is COC(=O)c1c(Br)cc(N)cc1Br. The fraction of sp³-hybridized carbons (Fsp3) is 0.125. The van der Waals surface area contributed by atoms with E-state index in [9.17, 15) is 4.79 Å². The van der Waals surface area contributed by atoms with E-state index in [0.29, 0.717) is 20.2 Å². The van der Waals surface area contributed by atoms with Crippen LogP contribution in [0.1, 0.15) is 10.4 Å². The van der Waals surface area contributed by atoms with Crippen molar-refractivity contribution in [3.63, 3.8) is 0 Å². The van der Waals surface area contributed by atoms with Crippen molar-refractivity contribution in [1.29, 1.82) is 0 Å². The number of methoxy groups -OCH3 is 1. The third-order valence-corrected chi connectivity index (χ3v) is 2.70. The van der Waals surface area contributed by atoms with Gasteiger partial charge in [0.05, 0.1) is 12.7 Å². The molecule has 0 aromatic heterocycles. The van der Waals surface area contributed by atoms with Gasteiger partial charge in [0.15, 0.2) is 0 Å². The third kappa shape index (κ3) is 2.22. The van der Waals surface area contributed by atoms with Crippen LogP contribution in [0.4, 0.5) is 5.69 Å². The van der Waals surface area contributed by atoms with E-state index in [-0.39, 0.29) is 0 Å². The second-order valence-corrected chi connectivity index (χ2v) is 4.06. The molecule has 0 saturated heterocycles. The molecule has 70 valence electrons. The van der Waals surface area contributed by atoms with Crippen molar-refractivity contribution in [2.45, 2.75) is 0 Å². The van der Waals surface area contributed by atoms with E-state index in [4.69, 9.17) is 5.73 Å². The molecule has 0 aliphatic heterocycles. The lowest BCUT2D eigenvalue weighted by Crippen LogP contribution is -2.04. The summed E-state index contributed by atoms with van der Waals surface area (Å²) in [4.78, 5) is 11.2. The Morgan fingerprint density at radius 1 is 1.38 bits per heavy atom. The van der Waals surface area contributed by atoms with Crippen LogP contribution in [0.2, 0.25) is 0 Å². The molecule has 0 saturated carbocycles. The normalized spacial score (nSPS) is 9.77. The predicted molar refractivity (Wildman–Crippen MR) is 57.6 cm³/mol. The van der Waals surface area contributed by atoms with Gasteiger partial charge in [0.2, 0.25) is 0 Å². The zero-order valence-corrected chi connectivity index (χ0v) is 9.98. The van der Waals surface area contributed by atoms with E-state index in [1.54, 1.807) is 12.1 Å². The van der Waals surface area contributed by atoms with Gasteiger partial charge in [0.25, 0.3) is 0 Å². The van der Waals surface area contributed by atoms with E-state index in [1.807, 2.05) is 0 Å². The van der Waals surface area contributed by atoms with Crippen LogP contribution in [0.15, 0.2) is 21.1 Å². The van der Waals surface area contributed by atoms with Crippen LogP contribution in [0.5, 0.6) is 0 Å². The van der Waals surface area contributed by atoms with Gasteiger partial charge in [0, 0.05) is 14.6 Å². The summed E-state index contributed by atoms with van der Waals surface area (Å²) in [7, 11) is 1.33. The summed E-state index contributed by atoms with van der Waals surface area (Å²) in [6.45, 7) is 0. The highest BCUT2D eigenvalue weighted by molar-refractivity contribution is 9.11. The molecule has 13 heavy (non-hydrogen) atoms. The number of carbonyl (C=O) groups excluding carboxylic acids is 1. The smallest absolute Gasteiger partial charge is 0.340 e. The lowest BCUT2D eigenvalue weighted by molar-refractivity contribution is 0.0598. The number of benzene rings is 1. The van der Waals surface area contributed by atoms with Gasteiger partial charge in [0.1, 0.15) is 0 Å². The van der Waals surface area contributed by atoms with E-state index in [1.165, 1.54) is 7.11 Å². The Morgan fingerprint density at radius 2 is 1.85 bits per heavy atom. The molecule has 0 aliphatic rings. The zero-order valence-electron chi connectivity index (χ0n) is 6.80. The number of hydrogen-bond acceptors (Lipinski definition) is 3. The lowest BCUT2D eigenvalue weighted by Gasteiger charge is -2.05. The fourth-order valence-electron chi connectivity index (χ4n) is 0.890. The van der Waals surface area contributed by atoms with Crippen molar-refractivity contribution in [3.05, 3.63) is 26.6 Å². The first-order valence-corrected chi connectivity index (χ1v) is 4.97. The molecular formula is C8H7Br2NO2. The Bertz CT molecular complexity index is 329. The predicted octanol–water partition coefficient (Wildman–Crippen LogP) is 2.58. The standard InChI is InChI=1S/C8H7Br2NO2/c1-13-8(12)7-5(9)2-4(11)3-6(7)10/h2-3H,11H2,1H3. The number of halogens is 2. The molecule has 3 nitrogen and oxygen atoms in total. The van der Waals surface area contributed by atoms with Crippen LogP contribution in [0, 0.1) is 0 Å². The molecule has 0 radical (unpaired) electrons. The van der Waals surface area contributed by atoms with Gasteiger partial charge in [-0.1, -0.05) is 0 Å². The minimum absolute atomic E-state index is 0.404. The van der Waals surface area contributed by atoms with Crippen LogP contribution >= 0.6 is 31.9 Å². The molecule has 0 atom stereocenters. The Labute approximate surface area is 92.5 Å². The lowest BCUT2D eigenvalue weighted by atomic mass is 10.2. The molecule has 1 aromatic rings. The van der Waals surface area contributed by atoms with Crippen LogP contribution in [-0.4, -0.2) is 13.1 Å². The summed E-state index contributed by atoms with van der Waals surface area (Å²) in [6, 6.07) is 3.30. The van der Waals surface area contributed by atoms with E-state index >= 15 is 0 Å². The molecule has 1 rings (SSSR count). The van der Waals surface area contributed by atoms with Crippen molar-refractivity contribution in [1.82, 2.24) is 0 Å². The number of anilines is 1. The van der Waals surface area contributed by atoms with Gasteiger partial charge in [-0.25, -0.2) is 4.79 Å². The van der Waals surface area contributed by atoms with Crippen LogP contribution in [0.25, 0.3) is 0 Å². The van der Waals surface area contributed by atoms with Crippen molar-refractivity contribution < 1.29 is 9.53 Å². The fourth-order valence-corrected chi connectivity index (χ4v) is 2.44. The van der Waals surface area contributed by atoms with Crippen LogP contribution < -0.4 is 5.73 Å². The first-order chi connectivity index (χ1) is 6.06. The Morgan fingerprint density at radius 3 is 2.23 bits per heavy atom.